The highest BCUT2D eigenvalue weighted by Crippen LogP contribution is 2.18. The Labute approximate surface area is 144 Å². The second-order valence-electron chi connectivity index (χ2n) is 6.90. The number of carbonyl (C=O) groups is 2. The Morgan fingerprint density at radius 1 is 1.08 bits per heavy atom. The van der Waals surface area contributed by atoms with Crippen LogP contribution in [0, 0.1) is 5.41 Å². The van der Waals surface area contributed by atoms with Gasteiger partial charge in [0.2, 0.25) is 5.91 Å². The van der Waals surface area contributed by atoms with E-state index in [-0.39, 0.29) is 24.0 Å². The molecule has 1 aromatic carbocycles. The largest absolute Gasteiger partial charge is 0.445 e. The maximum atomic E-state index is 12.1. The molecular formula is C18H29N3O3. The molecule has 0 aliphatic rings. The number of carbonyl (C=O) groups excluding carboxylic acids is 2. The monoisotopic (exact) mass is 335 g/mol. The number of nitrogens with zero attached hydrogens (tertiary/aromatic N) is 2. The molecule has 0 heterocycles. The van der Waals surface area contributed by atoms with Crippen LogP contribution >= 0.6 is 0 Å². The molecule has 0 saturated carbocycles. The Bertz CT molecular complexity index is 555. The summed E-state index contributed by atoms with van der Waals surface area (Å²) in [4.78, 5) is 26.7. The lowest BCUT2D eigenvalue weighted by molar-refractivity contribution is -0.128. The fourth-order valence-electron chi connectivity index (χ4n) is 2.53. The molecule has 0 fully saturated rings. The van der Waals surface area contributed by atoms with Crippen LogP contribution in [0.4, 0.5) is 10.5 Å². The third kappa shape index (κ3) is 6.48. The number of hydrogen-bond acceptors (Lipinski definition) is 4. The first-order chi connectivity index (χ1) is 11.1. The summed E-state index contributed by atoms with van der Waals surface area (Å²) in [5, 5.41) is 3.04. The van der Waals surface area contributed by atoms with Gasteiger partial charge in [0.15, 0.2) is 0 Å². The van der Waals surface area contributed by atoms with Crippen LogP contribution in [-0.2, 0) is 16.1 Å². The van der Waals surface area contributed by atoms with E-state index in [0.717, 1.165) is 11.3 Å². The first kappa shape index (κ1) is 19.8. The van der Waals surface area contributed by atoms with Gasteiger partial charge in [-0.3, -0.25) is 4.79 Å². The summed E-state index contributed by atoms with van der Waals surface area (Å²) in [6.45, 7) is 6.89. The summed E-state index contributed by atoms with van der Waals surface area (Å²) in [5.41, 5.74) is 1.73. The summed E-state index contributed by atoms with van der Waals surface area (Å²) in [6, 6.07) is 7.72. The summed E-state index contributed by atoms with van der Waals surface area (Å²) in [6.07, 6.45) is -0.369. The minimum absolute atomic E-state index is 0.0123. The van der Waals surface area contributed by atoms with Crippen molar-refractivity contribution in [2.24, 2.45) is 5.41 Å². The molecule has 0 bridgehead atoms. The smallest absolute Gasteiger partial charge is 0.409 e. The highest BCUT2D eigenvalue weighted by atomic mass is 16.6. The van der Waals surface area contributed by atoms with Crippen molar-refractivity contribution in [2.75, 3.05) is 39.5 Å². The van der Waals surface area contributed by atoms with Gasteiger partial charge in [-0.05, 0) is 17.7 Å². The molecule has 0 atom stereocenters. The number of ether oxygens (including phenoxy) is 1. The zero-order valence-corrected chi connectivity index (χ0v) is 15.5. The van der Waals surface area contributed by atoms with Crippen LogP contribution in [0.2, 0.25) is 0 Å². The Kier molecular flexibility index (Phi) is 7.07. The summed E-state index contributed by atoms with van der Waals surface area (Å²) in [7, 11) is 5.33. The van der Waals surface area contributed by atoms with Gasteiger partial charge < -0.3 is 19.9 Å². The topological polar surface area (TPSA) is 61.9 Å². The van der Waals surface area contributed by atoms with Gasteiger partial charge in [0.05, 0.1) is 0 Å². The van der Waals surface area contributed by atoms with E-state index in [2.05, 4.69) is 5.32 Å². The third-order valence-corrected chi connectivity index (χ3v) is 3.78. The van der Waals surface area contributed by atoms with Gasteiger partial charge in [0.25, 0.3) is 0 Å². The first-order valence-electron chi connectivity index (χ1n) is 8.01. The molecular weight excluding hydrogens is 306 g/mol. The van der Waals surface area contributed by atoms with E-state index in [1.807, 2.05) is 45.2 Å². The van der Waals surface area contributed by atoms with Crippen molar-refractivity contribution >= 4 is 17.7 Å². The minimum Gasteiger partial charge on any atom is -0.445 e. The van der Waals surface area contributed by atoms with Gasteiger partial charge in [-0.25, -0.2) is 4.79 Å². The zero-order chi connectivity index (χ0) is 18.3. The molecule has 0 aliphatic heterocycles. The van der Waals surface area contributed by atoms with Crippen LogP contribution in [0.1, 0.15) is 26.3 Å². The normalized spacial score (nSPS) is 10.9. The standard InChI is InChI=1S/C18H29N3O3/c1-14(22)20(5)12-18(2,3)13-21(6)17(23)24-11-15-7-9-16(19-4)10-8-15/h7-10,19H,11-13H2,1-6H3. The fourth-order valence-corrected chi connectivity index (χ4v) is 2.53. The zero-order valence-electron chi connectivity index (χ0n) is 15.5. The van der Waals surface area contributed by atoms with Crippen molar-refractivity contribution in [3.05, 3.63) is 29.8 Å². The second-order valence-corrected chi connectivity index (χ2v) is 6.90. The van der Waals surface area contributed by atoms with Crippen molar-refractivity contribution in [3.8, 4) is 0 Å². The van der Waals surface area contributed by atoms with Crippen molar-refractivity contribution in [3.63, 3.8) is 0 Å². The molecule has 1 rings (SSSR count). The number of anilines is 1. The van der Waals surface area contributed by atoms with Crippen LogP contribution in [0.5, 0.6) is 0 Å². The van der Waals surface area contributed by atoms with Crippen molar-refractivity contribution < 1.29 is 14.3 Å². The van der Waals surface area contributed by atoms with Gasteiger partial charge >= 0.3 is 6.09 Å². The van der Waals surface area contributed by atoms with Crippen molar-refractivity contribution in [2.45, 2.75) is 27.4 Å². The number of hydrogen-bond donors (Lipinski definition) is 1. The highest BCUT2D eigenvalue weighted by molar-refractivity contribution is 5.72. The number of rotatable bonds is 7. The lowest BCUT2D eigenvalue weighted by Crippen LogP contribution is -2.43. The number of amides is 2. The van der Waals surface area contributed by atoms with Crippen molar-refractivity contribution in [1.29, 1.82) is 0 Å². The second kappa shape index (κ2) is 8.57. The third-order valence-electron chi connectivity index (χ3n) is 3.78. The Morgan fingerprint density at radius 2 is 1.62 bits per heavy atom. The molecule has 2 amide bonds. The maximum Gasteiger partial charge on any atom is 0.409 e. The fraction of sp³-hybridized carbons (Fsp3) is 0.556. The van der Waals surface area contributed by atoms with Gasteiger partial charge in [-0.1, -0.05) is 26.0 Å². The van der Waals surface area contributed by atoms with E-state index in [0.29, 0.717) is 13.1 Å². The molecule has 1 N–H and O–H groups in total. The molecule has 6 nitrogen and oxygen atoms in total. The summed E-state index contributed by atoms with van der Waals surface area (Å²) >= 11 is 0. The quantitative estimate of drug-likeness (QED) is 0.832. The predicted octanol–water partition coefficient (Wildman–Crippen LogP) is 2.80. The maximum absolute atomic E-state index is 12.1. The summed E-state index contributed by atoms with van der Waals surface area (Å²) in [5.74, 6) is 0.0123. The minimum atomic E-state index is -0.369. The Balaban J connectivity index is 2.49. The van der Waals surface area contributed by atoms with E-state index >= 15 is 0 Å². The number of benzene rings is 1. The van der Waals surface area contributed by atoms with Crippen LogP contribution in [0.25, 0.3) is 0 Å². The number of nitrogens with one attached hydrogen (secondary N) is 1. The Morgan fingerprint density at radius 3 is 2.12 bits per heavy atom. The van der Waals surface area contributed by atoms with Gasteiger partial charge in [-0.2, -0.15) is 0 Å². The van der Waals surface area contributed by atoms with E-state index < -0.39 is 0 Å². The Hall–Kier alpha value is -2.24. The molecule has 0 aliphatic carbocycles. The van der Waals surface area contributed by atoms with Gasteiger partial charge in [0.1, 0.15) is 6.61 Å². The highest BCUT2D eigenvalue weighted by Gasteiger charge is 2.25. The van der Waals surface area contributed by atoms with E-state index in [9.17, 15) is 9.59 Å². The van der Waals surface area contributed by atoms with E-state index in [1.165, 1.54) is 6.92 Å². The van der Waals surface area contributed by atoms with Gasteiger partial charge in [0, 0.05) is 52.3 Å². The molecule has 134 valence electrons. The van der Waals surface area contributed by atoms with Gasteiger partial charge in [-0.15, -0.1) is 0 Å². The van der Waals surface area contributed by atoms with Crippen molar-refractivity contribution in [1.82, 2.24) is 9.80 Å². The van der Waals surface area contributed by atoms with Crippen LogP contribution in [-0.4, -0.2) is 56.0 Å². The van der Waals surface area contributed by atoms with Crippen LogP contribution < -0.4 is 5.32 Å². The van der Waals surface area contributed by atoms with E-state index in [4.69, 9.17) is 4.74 Å². The van der Waals surface area contributed by atoms with Crippen LogP contribution in [0.3, 0.4) is 0 Å². The molecule has 6 heteroatoms. The molecule has 0 aromatic heterocycles. The van der Waals surface area contributed by atoms with Crippen LogP contribution in [0.15, 0.2) is 24.3 Å². The molecule has 0 unspecified atom stereocenters. The summed E-state index contributed by atoms with van der Waals surface area (Å²) < 4.78 is 5.35. The predicted molar refractivity (Wildman–Crippen MR) is 95.9 cm³/mol. The van der Waals surface area contributed by atoms with E-state index in [1.54, 1.807) is 23.9 Å². The lowest BCUT2D eigenvalue weighted by atomic mass is 9.92. The molecule has 0 saturated heterocycles. The average molecular weight is 335 g/mol. The molecule has 1 aromatic rings. The SMILES string of the molecule is CNc1ccc(COC(=O)N(C)CC(C)(C)CN(C)C(C)=O)cc1. The first-order valence-corrected chi connectivity index (χ1v) is 8.01. The molecule has 0 spiro atoms. The molecule has 0 radical (unpaired) electrons. The average Bonchev–Trinajstić information content (AvgIpc) is 2.51. The lowest BCUT2D eigenvalue weighted by Gasteiger charge is -2.33. The molecule has 24 heavy (non-hydrogen) atoms.